The molecule has 1 N–H and O–H groups in total. The van der Waals surface area contributed by atoms with Crippen molar-refractivity contribution in [2.75, 3.05) is 6.61 Å². The molecule has 0 fully saturated rings. The van der Waals surface area contributed by atoms with E-state index in [9.17, 15) is 9.59 Å². The second-order valence-electron chi connectivity index (χ2n) is 9.64. The van der Waals surface area contributed by atoms with Crippen LogP contribution in [0.4, 0.5) is 0 Å². The van der Waals surface area contributed by atoms with Crippen LogP contribution in [0.1, 0.15) is 57.6 Å². The van der Waals surface area contributed by atoms with Gasteiger partial charge in [-0.3, -0.25) is 4.79 Å². The highest BCUT2D eigenvalue weighted by Crippen LogP contribution is 2.47. The van der Waals surface area contributed by atoms with Crippen LogP contribution < -0.4 is 10.1 Å². The number of Topliss-reactive ketones (excluding diaryl/α,β-unsaturated/α-hetero) is 1. The number of nitrogens with one attached hydrogen (secondary N) is 1. The van der Waals surface area contributed by atoms with Crippen molar-refractivity contribution in [3.8, 4) is 5.75 Å². The summed E-state index contributed by atoms with van der Waals surface area (Å²) in [7, 11) is 0. The molecular formula is C28H30ClNO4. The molecule has 6 heteroatoms. The Labute approximate surface area is 205 Å². The lowest BCUT2D eigenvalue weighted by Gasteiger charge is -2.39. The Balaban J connectivity index is 1.72. The summed E-state index contributed by atoms with van der Waals surface area (Å²) >= 11 is 5.97. The molecule has 1 aliphatic carbocycles. The molecule has 5 nitrogen and oxygen atoms in total. The highest BCUT2D eigenvalue weighted by Gasteiger charge is 2.43. The first-order valence-electron chi connectivity index (χ1n) is 11.6. The smallest absolute Gasteiger partial charge is 0.336 e. The van der Waals surface area contributed by atoms with Crippen LogP contribution in [0.5, 0.6) is 5.75 Å². The third kappa shape index (κ3) is 5.05. The predicted molar refractivity (Wildman–Crippen MR) is 132 cm³/mol. The van der Waals surface area contributed by atoms with Gasteiger partial charge in [-0.1, -0.05) is 49.7 Å². The summed E-state index contributed by atoms with van der Waals surface area (Å²) in [5.74, 6) is -0.185. The largest absolute Gasteiger partial charge is 0.489 e. The summed E-state index contributed by atoms with van der Waals surface area (Å²) < 4.78 is 11.4. The summed E-state index contributed by atoms with van der Waals surface area (Å²) in [6.07, 6.45) is 1.18. The van der Waals surface area contributed by atoms with Crippen LogP contribution in [0.2, 0.25) is 5.02 Å². The summed E-state index contributed by atoms with van der Waals surface area (Å²) in [5.41, 5.74) is 4.43. The van der Waals surface area contributed by atoms with Crippen molar-refractivity contribution >= 4 is 23.4 Å². The minimum absolute atomic E-state index is 0.0607. The molecule has 4 rings (SSSR count). The van der Waals surface area contributed by atoms with E-state index in [2.05, 4.69) is 19.2 Å². The topological polar surface area (TPSA) is 64.6 Å². The Kier molecular flexibility index (Phi) is 6.85. The van der Waals surface area contributed by atoms with Crippen molar-refractivity contribution in [1.29, 1.82) is 0 Å². The SMILES string of the molecule is CCOC(=O)C1=C(C)NC2=C(C(=O)CC(C)(C)C2)[C@@H]1c1cccc(OCc2ccc(Cl)cc2)c1. The number of carbonyl (C=O) groups is 2. The maximum atomic E-state index is 13.4. The van der Waals surface area contributed by atoms with Crippen molar-refractivity contribution in [2.45, 2.75) is 53.1 Å². The maximum Gasteiger partial charge on any atom is 0.336 e. The number of rotatable bonds is 6. The molecule has 1 heterocycles. The molecule has 0 aromatic heterocycles. The Morgan fingerprint density at radius 3 is 2.59 bits per heavy atom. The zero-order valence-electron chi connectivity index (χ0n) is 20.0. The summed E-state index contributed by atoms with van der Waals surface area (Å²) in [6.45, 7) is 8.49. The van der Waals surface area contributed by atoms with Crippen molar-refractivity contribution in [1.82, 2.24) is 5.32 Å². The molecule has 0 saturated heterocycles. The zero-order valence-corrected chi connectivity index (χ0v) is 20.8. The van der Waals surface area contributed by atoms with E-state index in [1.54, 1.807) is 6.92 Å². The highest BCUT2D eigenvalue weighted by atomic mass is 35.5. The van der Waals surface area contributed by atoms with Gasteiger partial charge in [0.25, 0.3) is 0 Å². The number of allylic oxidation sites excluding steroid dienone is 3. The van der Waals surface area contributed by atoms with Crippen molar-refractivity contribution in [3.05, 3.63) is 87.2 Å². The predicted octanol–water partition coefficient (Wildman–Crippen LogP) is 6.09. The second-order valence-corrected chi connectivity index (χ2v) is 10.1. The Bertz CT molecular complexity index is 1180. The molecule has 0 radical (unpaired) electrons. The first-order valence-corrected chi connectivity index (χ1v) is 11.9. The molecule has 1 aliphatic heterocycles. The molecule has 2 aliphatic rings. The van der Waals surface area contributed by atoms with Crippen molar-refractivity contribution in [3.63, 3.8) is 0 Å². The van der Waals surface area contributed by atoms with Gasteiger partial charge in [-0.2, -0.15) is 0 Å². The van der Waals surface area contributed by atoms with Gasteiger partial charge in [-0.05, 0) is 61.1 Å². The molecule has 0 spiro atoms. The van der Waals surface area contributed by atoms with Gasteiger partial charge < -0.3 is 14.8 Å². The number of esters is 1. The molecule has 2 aromatic carbocycles. The van der Waals surface area contributed by atoms with Crippen LogP contribution >= 0.6 is 11.6 Å². The minimum atomic E-state index is -0.502. The molecule has 34 heavy (non-hydrogen) atoms. The van der Waals surface area contributed by atoms with Crippen LogP contribution in [-0.4, -0.2) is 18.4 Å². The first-order chi connectivity index (χ1) is 16.2. The number of hydrogen-bond acceptors (Lipinski definition) is 5. The number of hydrogen-bond donors (Lipinski definition) is 1. The molecule has 2 aromatic rings. The standard InChI is InChI=1S/C28H30ClNO4/c1-5-33-27(32)24-17(2)30-22-14-28(3,4)15-23(31)26(22)25(24)19-7-6-8-21(13-19)34-16-18-9-11-20(29)12-10-18/h6-13,25,30H,5,14-16H2,1-4H3/t25-/m1/s1. The minimum Gasteiger partial charge on any atom is -0.489 e. The zero-order chi connectivity index (χ0) is 24.5. The van der Waals surface area contributed by atoms with Gasteiger partial charge in [0.15, 0.2) is 5.78 Å². The lowest BCUT2D eigenvalue weighted by molar-refractivity contribution is -0.138. The Morgan fingerprint density at radius 2 is 1.88 bits per heavy atom. The van der Waals surface area contributed by atoms with Gasteiger partial charge in [0, 0.05) is 34.3 Å². The van der Waals surface area contributed by atoms with E-state index >= 15 is 0 Å². The molecule has 0 unspecified atom stereocenters. The Morgan fingerprint density at radius 1 is 1.15 bits per heavy atom. The number of carbonyl (C=O) groups excluding carboxylic acids is 2. The maximum absolute atomic E-state index is 13.4. The van der Waals surface area contributed by atoms with E-state index in [0.717, 1.165) is 28.9 Å². The van der Waals surface area contributed by atoms with Crippen molar-refractivity contribution in [2.24, 2.45) is 5.41 Å². The summed E-state index contributed by atoms with van der Waals surface area (Å²) in [4.78, 5) is 26.4. The average molecular weight is 480 g/mol. The molecule has 178 valence electrons. The van der Waals surface area contributed by atoms with Crippen LogP contribution in [0.25, 0.3) is 0 Å². The second kappa shape index (κ2) is 9.67. The number of ether oxygens (including phenoxy) is 2. The highest BCUT2D eigenvalue weighted by molar-refractivity contribution is 6.30. The quantitative estimate of drug-likeness (QED) is 0.508. The fourth-order valence-corrected chi connectivity index (χ4v) is 4.91. The molecule has 0 amide bonds. The van der Waals surface area contributed by atoms with Gasteiger partial charge in [0.05, 0.1) is 12.2 Å². The van der Waals surface area contributed by atoms with Crippen LogP contribution in [-0.2, 0) is 20.9 Å². The van der Waals surface area contributed by atoms with Gasteiger partial charge in [0.1, 0.15) is 12.4 Å². The lowest BCUT2D eigenvalue weighted by atomic mass is 9.68. The number of ketones is 1. The van der Waals surface area contributed by atoms with E-state index in [1.807, 2.05) is 55.5 Å². The van der Waals surface area contributed by atoms with E-state index in [0.29, 0.717) is 34.9 Å². The van der Waals surface area contributed by atoms with E-state index in [-0.39, 0.29) is 17.8 Å². The van der Waals surface area contributed by atoms with Crippen molar-refractivity contribution < 1.29 is 19.1 Å². The first kappa shape index (κ1) is 24.1. The fraction of sp³-hybridized carbons (Fsp3) is 0.357. The van der Waals surface area contributed by atoms with Gasteiger partial charge in [-0.15, -0.1) is 0 Å². The molecular weight excluding hydrogens is 450 g/mol. The molecule has 0 bridgehead atoms. The fourth-order valence-electron chi connectivity index (χ4n) is 4.78. The monoisotopic (exact) mass is 479 g/mol. The van der Waals surface area contributed by atoms with Crippen LogP contribution in [0.15, 0.2) is 71.1 Å². The summed E-state index contributed by atoms with van der Waals surface area (Å²) in [5, 5.41) is 4.03. The van der Waals surface area contributed by atoms with Gasteiger partial charge in [-0.25, -0.2) is 4.79 Å². The van der Waals surface area contributed by atoms with E-state index in [1.165, 1.54) is 0 Å². The number of halogens is 1. The summed E-state index contributed by atoms with van der Waals surface area (Å²) in [6, 6.07) is 15.1. The molecule has 1 atom stereocenters. The van der Waals surface area contributed by atoms with E-state index < -0.39 is 11.9 Å². The van der Waals surface area contributed by atoms with Crippen LogP contribution in [0, 0.1) is 5.41 Å². The third-order valence-electron chi connectivity index (χ3n) is 6.25. The Hall–Kier alpha value is -3.05. The normalized spacial score (nSPS) is 19.4. The van der Waals surface area contributed by atoms with Gasteiger partial charge >= 0.3 is 5.97 Å². The lowest BCUT2D eigenvalue weighted by Crippen LogP contribution is -2.38. The average Bonchev–Trinajstić information content (AvgIpc) is 2.77. The number of benzene rings is 2. The third-order valence-corrected chi connectivity index (χ3v) is 6.50. The van der Waals surface area contributed by atoms with Gasteiger partial charge in [0.2, 0.25) is 0 Å². The van der Waals surface area contributed by atoms with E-state index in [4.69, 9.17) is 21.1 Å². The number of dihydropyridines is 1. The van der Waals surface area contributed by atoms with Crippen LogP contribution in [0.3, 0.4) is 0 Å². The molecule has 0 saturated carbocycles.